The minimum absolute atomic E-state index is 0. The van der Waals surface area contributed by atoms with Gasteiger partial charge in [-0.15, -0.1) is 41.5 Å². The minimum Gasteiger partial charge on any atom is -0.557 e. The molecule has 0 amide bonds. The zero-order valence-electron chi connectivity index (χ0n) is 34.1. The van der Waals surface area contributed by atoms with Crippen LogP contribution < -0.4 is 0 Å². The molecule has 3 aromatic heterocycles. The van der Waals surface area contributed by atoms with E-state index < -0.39 is 13.7 Å². The Labute approximate surface area is 321 Å². The van der Waals surface area contributed by atoms with Crippen molar-refractivity contribution in [2.75, 3.05) is 0 Å². The first-order chi connectivity index (χ1) is 27.5. The van der Waals surface area contributed by atoms with Gasteiger partial charge in [0.1, 0.15) is 0 Å². The van der Waals surface area contributed by atoms with Crippen LogP contribution in [0.25, 0.3) is 72.6 Å². The number of hydrogen-bond donors (Lipinski definition) is 0. The summed E-state index contributed by atoms with van der Waals surface area (Å²) in [7, 11) is 0. The first-order valence-corrected chi connectivity index (χ1v) is 16.1. The zero-order valence-corrected chi connectivity index (χ0v) is 29.5. The topological polar surface area (TPSA) is 43.9 Å². The number of furan rings is 1. The van der Waals surface area contributed by atoms with Gasteiger partial charge < -0.3 is 14.0 Å². The molecule has 249 valence electrons. The van der Waals surface area contributed by atoms with Gasteiger partial charge in [0.05, 0.1) is 23.9 Å². The Bertz CT molecular complexity index is 2700. The summed E-state index contributed by atoms with van der Waals surface area (Å²) in [6.07, 6.45) is 4.40. The summed E-state index contributed by atoms with van der Waals surface area (Å²) in [5.74, 6) is 0.748. The standard InChI is InChI=1S/C33H21N2O.C13H12N.Ir/c1-3-12-23(13-4-1)25-17-11-18-26(24-14-5-2-6-15-24)32(25)35-30-20-9-8-19-29(30)34-33(35)28-22-36-31-21-10-7-16-27(28)31;1-10-3-6-12(7-4-10)13-8-5-11(2)9-14-13;/h1-21H;3-6,8-9H,1-2H3;/q2*-1;/i10D;1D3,2D3;. The van der Waals surface area contributed by atoms with E-state index in [1.54, 1.807) is 24.3 Å². The van der Waals surface area contributed by atoms with Crippen LogP contribution >= 0.6 is 0 Å². The maximum atomic E-state index is 8.01. The molecule has 5 heteroatoms. The molecule has 0 aliphatic carbocycles. The molecule has 0 saturated carbocycles. The fourth-order valence-corrected chi connectivity index (χ4v) is 6.08. The van der Waals surface area contributed by atoms with Crippen molar-refractivity contribution in [3.63, 3.8) is 0 Å². The van der Waals surface area contributed by atoms with E-state index in [4.69, 9.17) is 19.0 Å². The second-order valence-electron chi connectivity index (χ2n) is 11.6. The summed E-state index contributed by atoms with van der Waals surface area (Å²) < 4.78 is 59.7. The van der Waals surface area contributed by atoms with Crippen LogP contribution in [0.3, 0.4) is 0 Å². The third-order valence-electron chi connectivity index (χ3n) is 8.42. The van der Waals surface area contributed by atoms with Crippen molar-refractivity contribution in [3.8, 4) is 50.6 Å². The number of para-hydroxylation sites is 4. The van der Waals surface area contributed by atoms with Gasteiger partial charge in [-0.2, -0.15) is 0 Å². The molecule has 1 radical (unpaired) electrons. The van der Waals surface area contributed by atoms with Crippen LogP contribution in [-0.2, 0) is 20.1 Å². The smallest absolute Gasteiger partial charge is 0.0774 e. The summed E-state index contributed by atoms with van der Waals surface area (Å²) >= 11 is 0. The largest absolute Gasteiger partial charge is 0.557 e. The van der Waals surface area contributed by atoms with Gasteiger partial charge in [0.15, 0.2) is 0 Å². The van der Waals surface area contributed by atoms with Crippen molar-refractivity contribution in [1.82, 2.24) is 14.5 Å². The monoisotopic (exact) mass is 843 g/mol. The van der Waals surface area contributed by atoms with Crippen LogP contribution in [0.1, 0.15) is 20.7 Å². The molecule has 3 heterocycles. The zero-order chi connectivity index (χ0) is 39.7. The molecule has 0 atom stereocenters. The first kappa shape index (κ1) is 26.0. The van der Waals surface area contributed by atoms with E-state index in [-0.39, 0.29) is 31.2 Å². The average molecular weight is 843 g/mol. The van der Waals surface area contributed by atoms with Gasteiger partial charge in [0, 0.05) is 57.5 Å². The number of benzene rings is 6. The van der Waals surface area contributed by atoms with Gasteiger partial charge in [-0.05, 0) is 41.4 Å². The molecule has 0 saturated heterocycles. The Morgan fingerprint density at radius 2 is 1.39 bits per heavy atom. The normalized spacial score (nSPS) is 13.3. The molecule has 9 aromatic rings. The Morgan fingerprint density at radius 3 is 2.06 bits per heavy atom. The van der Waals surface area contributed by atoms with Gasteiger partial charge in [-0.1, -0.05) is 139 Å². The van der Waals surface area contributed by atoms with E-state index in [0.717, 1.165) is 55.7 Å². The molecule has 0 aliphatic rings. The minimum atomic E-state index is -2.18. The molecular weight excluding hydrogens is 803 g/mol. The molecule has 9 rings (SSSR count). The first-order valence-electron chi connectivity index (χ1n) is 19.6. The fourth-order valence-electron chi connectivity index (χ4n) is 6.08. The molecule has 0 bridgehead atoms. The van der Waals surface area contributed by atoms with Crippen molar-refractivity contribution < 1.29 is 34.1 Å². The molecule has 0 aliphatic heterocycles. The predicted molar refractivity (Wildman–Crippen MR) is 204 cm³/mol. The van der Waals surface area contributed by atoms with Crippen molar-refractivity contribution in [3.05, 3.63) is 187 Å². The van der Waals surface area contributed by atoms with Gasteiger partial charge >= 0.3 is 0 Å². The van der Waals surface area contributed by atoms with Crippen molar-refractivity contribution in [2.24, 2.45) is 0 Å². The van der Waals surface area contributed by atoms with Gasteiger partial charge in [0.2, 0.25) is 0 Å². The Hall–Kier alpha value is -5.87. The van der Waals surface area contributed by atoms with Crippen LogP contribution in [0.4, 0.5) is 0 Å². The van der Waals surface area contributed by atoms with Crippen LogP contribution in [0, 0.1) is 26.0 Å². The SMILES string of the molecule is [2H]C([2H])([2H])c1c[c-]c(-c2ccc(C([2H])([2H])[2H])cn2)cc1.[2H]c1ccc2c(-c3nc4ccccc4n3-c3c(-c4ccccc4)cccc3-c3ccccc3)[c-]oc2c1.[Ir]. The van der Waals surface area contributed by atoms with Crippen molar-refractivity contribution >= 4 is 22.0 Å². The average Bonchev–Trinajstić information content (AvgIpc) is 3.82. The molecule has 0 fully saturated rings. The predicted octanol–water partition coefficient (Wildman–Crippen LogP) is 11.7. The van der Waals surface area contributed by atoms with E-state index in [9.17, 15) is 0 Å². The third kappa shape index (κ3) is 6.82. The number of hydrogen-bond acceptors (Lipinski definition) is 3. The van der Waals surface area contributed by atoms with Gasteiger partial charge in [0.25, 0.3) is 0 Å². The molecular formula is C46H33IrN3O-2. The van der Waals surface area contributed by atoms with Crippen LogP contribution in [-0.4, -0.2) is 14.5 Å². The number of nitrogens with zero attached hydrogens (tertiary/aromatic N) is 3. The van der Waals surface area contributed by atoms with E-state index in [0.29, 0.717) is 22.9 Å². The molecule has 4 nitrogen and oxygen atoms in total. The number of pyridine rings is 1. The number of aromatic nitrogens is 3. The van der Waals surface area contributed by atoms with E-state index in [1.165, 1.54) is 24.4 Å². The maximum Gasteiger partial charge on any atom is 0.0774 e. The molecule has 0 N–H and O–H groups in total. The Kier molecular flexibility index (Phi) is 7.62. The van der Waals surface area contributed by atoms with Crippen molar-refractivity contribution in [2.45, 2.75) is 13.7 Å². The summed E-state index contributed by atoms with van der Waals surface area (Å²) in [4.78, 5) is 9.17. The molecule has 0 spiro atoms. The number of rotatable bonds is 5. The molecule has 51 heavy (non-hydrogen) atoms. The van der Waals surface area contributed by atoms with Gasteiger partial charge in [-0.25, -0.2) is 0 Å². The Morgan fingerprint density at radius 1 is 0.686 bits per heavy atom. The second kappa shape index (κ2) is 14.9. The van der Waals surface area contributed by atoms with E-state index >= 15 is 0 Å². The van der Waals surface area contributed by atoms with Gasteiger partial charge in [-0.3, -0.25) is 4.98 Å². The second-order valence-corrected chi connectivity index (χ2v) is 11.6. The molecule has 6 aromatic carbocycles. The quantitative estimate of drug-likeness (QED) is 0.162. The summed E-state index contributed by atoms with van der Waals surface area (Å²) in [5, 5.41) is 0.881. The number of imidazole rings is 1. The van der Waals surface area contributed by atoms with E-state index in [2.05, 4.69) is 94.7 Å². The van der Waals surface area contributed by atoms with Crippen molar-refractivity contribution in [1.29, 1.82) is 0 Å². The summed E-state index contributed by atoms with van der Waals surface area (Å²) in [6, 6.07) is 51.8. The molecule has 0 unspecified atom stereocenters. The van der Waals surface area contributed by atoms with E-state index in [1.807, 2.05) is 36.4 Å². The van der Waals surface area contributed by atoms with Crippen LogP contribution in [0.5, 0.6) is 0 Å². The third-order valence-corrected chi connectivity index (χ3v) is 8.42. The van der Waals surface area contributed by atoms with Crippen LogP contribution in [0.15, 0.2) is 168 Å². The number of fused-ring (bicyclic) bond motifs is 2. The fraction of sp³-hybridized carbons (Fsp3) is 0.0435. The maximum absolute atomic E-state index is 8.01. The summed E-state index contributed by atoms with van der Waals surface area (Å²) in [5.41, 5.74) is 10.3. The number of aryl methyl sites for hydroxylation is 2. The van der Waals surface area contributed by atoms with Crippen LogP contribution in [0.2, 0.25) is 0 Å². The summed E-state index contributed by atoms with van der Waals surface area (Å²) in [6.45, 7) is -4.34. The Balaban J connectivity index is 0.000000208.